The third-order valence-electron chi connectivity index (χ3n) is 4.93. The molecule has 2 atom stereocenters. The molecule has 2 rings (SSSR count). The van der Waals surface area contributed by atoms with Gasteiger partial charge in [0.25, 0.3) is 12.5 Å². The van der Waals surface area contributed by atoms with Crippen molar-refractivity contribution in [1.82, 2.24) is 0 Å². The van der Waals surface area contributed by atoms with E-state index in [9.17, 15) is 0 Å². The summed E-state index contributed by atoms with van der Waals surface area (Å²) in [6.45, 7) is 0. The lowest BCUT2D eigenvalue weighted by Crippen LogP contribution is -2.22. The Bertz CT molecular complexity index is 364. The summed E-state index contributed by atoms with van der Waals surface area (Å²) in [4.78, 5) is 0. The van der Waals surface area contributed by atoms with E-state index in [-0.39, 0.29) is 12.2 Å². The molecule has 2 fully saturated rings. The highest BCUT2D eigenvalue weighted by atomic mass is 16.5. The summed E-state index contributed by atoms with van der Waals surface area (Å²) >= 11 is 0. The standard InChI is InChI=1S/C16H24N2O2/c17-11-19-15-3-1-2-13(4-7-15)10-14-5-8-16(9-6-14)20-12-18/h13-16H,1-10H2. The fourth-order valence-electron chi connectivity index (χ4n) is 3.80. The first-order chi connectivity index (χ1) is 9.81. The minimum Gasteiger partial charge on any atom is -0.424 e. The molecule has 4 nitrogen and oxygen atoms in total. The van der Waals surface area contributed by atoms with Crippen LogP contribution in [0.5, 0.6) is 0 Å². The zero-order valence-electron chi connectivity index (χ0n) is 12.1. The molecule has 2 saturated carbocycles. The average molecular weight is 276 g/mol. The van der Waals surface area contributed by atoms with Crippen LogP contribution in [0.2, 0.25) is 0 Å². The lowest BCUT2D eigenvalue weighted by Gasteiger charge is -2.29. The second kappa shape index (κ2) is 8.00. The summed E-state index contributed by atoms with van der Waals surface area (Å²) < 4.78 is 10.1. The van der Waals surface area contributed by atoms with Crippen LogP contribution < -0.4 is 0 Å². The number of rotatable bonds is 4. The quantitative estimate of drug-likeness (QED) is 0.577. The van der Waals surface area contributed by atoms with Crippen molar-refractivity contribution in [3.8, 4) is 12.5 Å². The van der Waals surface area contributed by atoms with Crippen molar-refractivity contribution < 1.29 is 9.47 Å². The Morgan fingerprint density at radius 3 is 1.75 bits per heavy atom. The minimum atomic E-state index is 0.157. The van der Waals surface area contributed by atoms with Gasteiger partial charge in [0.1, 0.15) is 12.2 Å². The second-order valence-corrected chi connectivity index (χ2v) is 6.29. The van der Waals surface area contributed by atoms with Crippen LogP contribution in [0.1, 0.15) is 64.2 Å². The van der Waals surface area contributed by atoms with Crippen molar-refractivity contribution in [2.45, 2.75) is 76.4 Å². The smallest absolute Gasteiger partial charge is 0.286 e. The van der Waals surface area contributed by atoms with Crippen LogP contribution in [0.15, 0.2) is 0 Å². The Kier molecular flexibility index (Phi) is 5.99. The van der Waals surface area contributed by atoms with Gasteiger partial charge in [0.05, 0.1) is 0 Å². The van der Waals surface area contributed by atoms with E-state index in [0.717, 1.165) is 37.5 Å². The summed E-state index contributed by atoms with van der Waals surface area (Å²) in [5.74, 6) is 1.59. The van der Waals surface area contributed by atoms with E-state index in [1.807, 2.05) is 12.5 Å². The molecule has 0 N–H and O–H groups in total. The van der Waals surface area contributed by atoms with Gasteiger partial charge in [-0.2, -0.15) is 10.5 Å². The molecule has 2 unspecified atom stereocenters. The lowest BCUT2D eigenvalue weighted by atomic mass is 9.79. The van der Waals surface area contributed by atoms with Gasteiger partial charge in [0.2, 0.25) is 0 Å². The summed E-state index contributed by atoms with van der Waals surface area (Å²) in [5.41, 5.74) is 0. The van der Waals surface area contributed by atoms with E-state index in [2.05, 4.69) is 0 Å². The van der Waals surface area contributed by atoms with Gasteiger partial charge < -0.3 is 9.47 Å². The van der Waals surface area contributed by atoms with Crippen LogP contribution in [-0.4, -0.2) is 12.2 Å². The van der Waals surface area contributed by atoms with Crippen molar-refractivity contribution in [3.05, 3.63) is 0 Å². The minimum absolute atomic E-state index is 0.157. The molecular formula is C16H24N2O2. The lowest BCUT2D eigenvalue weighted by molar-refractivity contribution is 0.0929. The molecule has 0 aromatic heterocycles. The molecular weight excluding hydrogens is 252 g/mol. The molecule has 0 radical (unpaired) electrons. The van der Waals surface area contributed by atoms with Crippen molar-refractivity contribution in [2.75, 3.05) is 0 Å². The molecule has 2 aliphatic rings. The van der Waals surface area contributed by atoms with E-state index in [1.54, 1.807) is 0 Å². The van der Waals surface area contributed by atoms with E-state index >= 15 is 0 Å². The molecule has 0 saturated heterocycles. The molecule has 0 aromatic rings. The van der Waals surface area contributed by atoms with Crippen LogP contribution in [0.4, 0.5) is 0 Å². The fraction of sp³-hybridized carbons (Fsp3) is 0.875. The van der Waals surface area contributed by atoms with Crippen LogP contribution in [0.25, 0.3) is 0 Å². The molecule has 0 bridgehead atoms. The number of ether oxygens (including phenoxy) is 2. The fourth-order valence-corrected chi connectivity index (χ4v) is 3.80. The first kappa shape index (κ1) is 15.0. The van der Waals surface area contributed by atoms with E-state index in [4.69, 9.17) is 20.0 Å². The number of nitriles is 2. The normalized spacial score (nSPS) is 34.3. The van der Waals surface area contributed by atoms with E-state index in [0.29, 0.717) is 0 Å². The summed E-state index contributed by atoms with van der Waals surface area (Å²) in [5, 5.41) is 17.1. The highest BCUT2D eigenvalue weighted by molar-refractivity contribution is 4.79. The third-order valence-corrected chi connectivity index (χ3v) is 4.93. The molecule has 0 heterocycles. The maximum absolute atomic E-state index is 8.60. The first-order valence-electron chi connectivity index (χ1n) is 7.91. The van der Waals surface area contributed by atoms with Crippen molar-refractivity contribution >= 4 is 0 Å². The van der Waals surface area contributed by atoms with E-state index in [1.165, 1.54) is 38.5 Å². The maximum atomic E-state index is 8.60. The van der Waals surface area contributed by atoms with Crippen LogP contribution in [-0.2, 0) is 9.47 Å². The van der Waals surface area contributed by atoms with Gasteiger partial charge in [-0.1, -0.05) is 6.42 Å². The molecule has 20 heavy (non-hydrogen) atoms. The van der Waals surface area contributed by atoms with Gasteiger partial charge in [-0.25, -0.2) is 0 Å². The topological polar surface area (TPSA) is 66.0 Å². The summed E-state index contributed by atoms with van der Waals surface area (Å²) in [6.07, 6.45) is 15.5. The molecule has 0 spiro atoms. The van der Waals surface area contributed by atoms with Gasteiger partial charge >= 0.3 is 0 Å². The van der Waals surface area contributed by atoms with Gasteiger partial charge in [0.15, 0.2) is 0 Å². The average Bonchev–Trinajstić information content (AvgIpc) is 2.68. The van der Waals surface area contributed by atoms with Gasteiger partial charge in [0, 0.05) is 0 Å². The monoisotopic (exact) mass is 276 g/mol. The van der Waals surface area contributed by atoms with Crippen molar-refractivity contribution in [2.24, 2.45) is 11.8 Å². The SMILES string of the molecule is N#COC1CCCC(CC2CCC(OC#N)CC2)CC1. The van der Waals surface area contributed by atoms with Crippen LogP contribution in [0.3, 0.4) is 0 Å². The van der Waals surface area contributed by atoms with Gasteiger partial charge in [-0.05, 0) is 69.6 Å². The van der Waals surface area contributed by atoms with Gasteiger partial charge in [-0.15, -0.1) is 0 Å². The van der Waals surface area contributed by atoms with Crippen molar-refractivity contribution in [1.29, 1.82) is 10.5 Å². The Labute approximate surface area is 121 Å². The Hall–Kier alpha value is -1.42. The molecule has 4 heteroatoms. The Morgan fingerprint density at radius 2 is 1.20 bits per heavy atom. The zero-order valence-corrected chi connectivity index (χ0v) is 12.1. The largest absolute Gasteiger partial charge is 0.424 e. The first-order valence-corrected chi connectivity index (χ1v) is 7.91. The van der Waals surface area contributed by atoms with Crippen LogP contribution >= 0.6 is 0 Å². The Balaban J connectivity index is 1.69. The van der Waals surface area contributed by atoms with Crippen molar-refractivity contribution in [3.63, 3.8) is 0 Å². The predicted octanol–water partition coefficient (Wildman–Crippen LogP) is 3.88. The highest BCUT2D eigenvalue weighted by Crippen LogP contribution is 2.35. The molecule has 0 amide bonds. The number of nitrogens with zero attached hydrogens (tertiary/aromatic N) is 2. The van der Waals surface area contributed by atoms with E-state index < -0.39 is 0 Å². The third kappa shape index (κ3) is 4.60. The Morgan fingerprint density at radius 1 is 0.700 bits per heavy atom. The number of hydrogen-bond acceptors (Lipinski definition) is 4. The molecule has 110 valence electrons. The highest BCUT2D eigenvalue weighted by Gasteiger charge is 2.26. The summed E-state index contributed by atoms with van der Waals surface area (Å²) in [6, 6.07) is 0. The molecule has 0 aromatic carbocycles. The maximum Gasteiger partial charge on any atom is 0.286 e. The number of hydrogen-bond donors (Lipinski definition) is 0. The van der Waals surface area contributed by atoms with Gasteiger partial charge in [-0.3, -0.25) is 0 Å². The van der Waals surface area contributed by atoms with Crippen LogP contribution in [0, 0.1) is 34.9 Å². The predicted molar refractivity (Wildman–Crippen MR) is 74.1 cm³/mol. The summed E-state index contributed by atoms with van der Waals surface area (Å²) in [7, 11) is 0. The zero-order chi connectivity index (χ0) is 14.2. The molecule has 2 aliphatic carbocycles. The second-order valence-electron chi connectivity index (χ2n) is 6.29. The molecule has 0 aliphatic heterocycles.